The highest BCUT2D eigenvalue weighted by Gasteiger charge is 2.12. The molecule has 0 saturated heterocycles. The maximum Gasteiger partial charge on any atom is 0.0954 e. The maximum absolute atomic E-state index is 9.61. The number of hydrogen-bond acceptors (Lipinski definition) is 4. The Hall–Kier alpha value is -0.450. The number of nitrogens with zero attached hydrogens (tertiary/aromatic N) is 1. The molecule has 74 valence electrons. The summed E-state index contributed by atoms with van der Waals surface area (Å²) in [6.07, 6.45) is 1.93. The number of rotatable bonds is 4. The molecule has 4 heteroatoms. The van der Waals surface area contributed by atoms with Crippen molar-refractivity contribution in [2.24, 2.45) is 5.73 Å². The van der Waals surface area contributed by atoms with E-state index in [1.807, 2.05) is 0 Å². The first kappa shape index (κ1) is 10.6. The monoisotopic (exact) mass is 200 g/mol. The second-order valence-corrected chi connectivity index (χ2v) is 4.44. The first-order valence-electron chi connectivity index (χ1n) is 4.49. The predicted molar refractivity (Wildman–Crippen MR) is 54.8 cm³/mol. The Morgan fingerprint density at radius 1 is 1.62 bits per heavy atom. The van der Waals surface area contributed by atoms with Crippen LogP contribution in [0.15, 0.2) is 6.20 Å². The van der Waals surface area contributed by atoms with E-state index in [0.29, 0.717) is 18.9 Å². The fourth-order valence-electron chi connectivity index (χ4n) is 1.02. The Balaban J connectivity index is 2.67. The van der Waals surface area contributed by atoms with Crippen LogP contribution in [0.4, 0.5) is 0 Å². The molecular formula is C9H16N2OS. The second-order valence-electron chi connectivity index (χ2n) is 3.35. The predicted octanol–water partition coefficient (Wildman–Crippen LogP) is 1.65. The van der Waals surface area contributed by atoms with E-state index in [1.54, 1.807) is 17.5 Å². The van der Waals surface area contributed by atoms with Crippen molar-refractivity contribution in [2.45, 2.75) is 32.3 Å². The summed E-state index contributed by atoms with van der Waals surface area (Å²) in [6.45, 7) is 4.70. The molecule has 0 saturated carbocycles. The van der Waals surface area contributed by atoms with Crippen LogP contribution in [-0.4, -0.2) is 16.6 Å². The van der Waals surface area contributed by atoms with Crippen molar-refractivity contribution in [3.63, 3.8) is 0 Å². The summed E-state index contributed by atoms with van der Waals surface area (Å²) in [4.78, 5) is 5.16. The molecule has 0 aromatic carbocycles. The smallest absolute Gasteiger partial charge is 0.0954 e. The Bertz CT molecular complexity index is 260. The SMILES string of the molecule is CC(C)c1ncc(C(O)CCN)s1. The zero-order valence-corrected chi connectivity index (χ0v) is 8.84. The highest BCUT2D eigenvalue weighted by Crippen LogP contribution is 2.26. The van der Waals surface area contributed by atoms with Crippen LogP contribution in [-0.2, 0) is 0 Å². The van der Waals surface area contributed by atoms with Crippen molar-refractivity contribution in [3.8, 4) is 0 Å². The van der Waals surface area contributed by atoms with Crippen molar-refractivity contribution in [1.29, 1.82) is 0 Å². The van der Waals surface area contributed by atoms with E-state index >= 15 is 0 Å². The minimum Gasteiger partial charge on any atom is -0.387 e. The van der Waals surface area contributed by atoms with Gasteiger partial charge in [-0.2, -0.15) is 0 Å². The maximum atomic E-state index is 9.61. The highest BCUT2D eigenvalue weighted by atomic mass is 32.1. The van der Waals surface area contributed by atoms with E-state index in [1.165, 1.54) is 0 Å². The van der Waals surface area contributed by atoms with Gasteiger partial charge in [-0.3, -0.25) is 0 Å². The number of aliphatic hydroxyl groups excluding tert-OH is 1. The van der Waals surface area contributed by atoms with E-state index in [2.05, 4.69) is 18.8 Å². The van der Waals surface area contributed by atoms with Crippen LogP contribution in [0.2, 0.25) is 0 Å². The number of thiazole rings is 1. The molecule has 3 nitrogen and oxygen atoms in total. The zero-order chi connectivity index (χ0) is 9.84. The van der Waals surface area contributed by atoms with E-state index in [9.17, 15) is 5.11 Å². The van der Waals surface area contributed by atoms with E-state index in [-0.39, 0.29) is 0 Å². The Labute approximate surface area is 82.6 Å². The topological polar surface area (TPSA) is 59.1 Å². The molecule has 1 aromatic heterocycles. The van der Waals surface area contributed by atoms with Crippen molar-refractivity contribution in [1.82, 2.24) is 4.98 Å². The number of hydrogen-bond donors (Lipinski definition) is 2. The van der Waals surface area contributed by atoms with E-state index < -0.39 is 6.10 Å². The van der Waals surface area contributed by atoms with Crippen LogP contribution in [0.5, 0.6) is 0 Å². The van der Waals surface area contributed by atoms with Crippen molar-refractivity contribution in [3.05, 3.63) is 16.1 Å². The molecule has 13 heavy (non-hydrogen) atoms. The summed E-state index contributed by atoms with van der Waals surface area (Å²) in [5.74, 6) is 0.434. The Kier molecular flexibility index (Phi) is 3.84. The molecule has 0 radical (unpaired) electrons. The highest BCUT2D eigenvalue weighted by molar-refractivity contribution is 7.11. The minimum absolute atomic E-state index is 0.434. The molecule has 1 heterocycles. The molecule has 0 aliphatic heterocycles. The van der Waals surface area contributed by atoms with Crippen molar-refractivity contribution >= 4 is 11.3 Å². The molecule has 0 spiro atoms. The molecule has 0 aliphatic rings. The molecule has 0 bridgehead atoms. The Morgan fingerprint density at radius 3 is 2.77 bits per heavy atom. The summed E-state index contributed by atoms with van der Waals surface area (Å²) in [5.41, 5.74) is 5.36. The van der Waals surface area contributed by atoms with E-state index in [4.69, 9.17) is 5.73 Å². The molecule has 1 aromatic rings. The van der Waals surface area contributed by atoms with Gasteiger partial charge in [-0.1, -0.05) is 13.8 Å². The molecule has 0 fully saturated rings. The Morgan fingerprint density at radius 2 is 2.31 bits per heavy atom. The summed E-state index contributed by atoms with van der Waals surface area (Å²) in [6, 6.07) is 0. The van der Waals surface area contributed by atoms with Crippen molar-refractivity contribution in [2.75, 3.05) is 6.54 Å². The van der Waals surface area contributed by atoms with Gasteiger partial charge in [0, 0.05) is 12.1 Å². The van der Waals surface area contributed by atoms with Gasteiger partial charge in [0.2, 0.25) is 0 Å². The van der Waals surface area contributed by atoms with Crippen LogP contribution in [0.3, 0.4) is 0 Å². The lowest BCUT2D eigenvalue weighted by atomic mass is 10.2. The lowest BCUT2D eigenvalue weighted by Crippen LogP contribution is -2.05. The zero-order valence-electron chi connectivity index (χ0n) is 8.03. The molecule has 0 amide bonds. The van der Waals surface area contributed by atoms with Crippen LogP contribution < -0.4 is 5.73 Å². The number of nitrogens with two attached hydrogens (primary N) is 1. The molecule has 1 atom stereocenters. The van der Waals surface area contributed by atoms with Crippen LogP contribution in [0, 0.1) is 0 Å². The van der Waals surface area contributed by atoms with E-state index in [0.717, 1.165) is 9.88 Å². The molecule has 3 N–H and O–H groups in total. The van der Waals surface area contributed by atoms with Gasteiger partial charge in [0.05, 0.1) is 16.0 Å². The lowest BCUT2D eigenvalue weighted by molar-refractivity contribution is 0.174. The average molecular weight is 200 g/mol. The summed E-state index contributed by atoms with van der Waals surface area (Å²) < 4.78 is 0. The van der Waals surface area contributed by atoms with Gasteiger partial charge in [0.25, 0.3) is 0 Å². The summed E-state index contributed by atoms with van der Waals surface area (Å²) >= 11 is 1.57. The number of aromatic nitrogens is 1. The quantitative estimate of drug-likeness (QED) is 0.777. The summed E-state index contributed by atoms with van der Waals surface area (Å²) in [5, 5.41) is 10.7. The molecule has 1 rings (SSSR count). The van der Waals surface area contributed by atoms with Gasteiger partial charge in [0.1, 0.15) is 0 Å². The normalized spacial score (nSPS) is 13.6. The largest absolute Gasteiger partial charge is 0.387 e. The van der Waals surface area contributed by atoms with Crippen LogP contribution in [0.1, 0.15) is 42.2 Å². The second kappa shape index (κ2) is 4.69. The standard InChI is InChI=1S/C9H16N2OS/c1-6(2)9-11-5-8(13-9)7(12)3-4-10/h5-7,12H,3-4,10H2,1-2H3. The molecule has 0 aliphatic carbocycles. The minimum atomic E-state index is -0.435. The third kappa shape index (κ3) is 2.76. The van der Waals surface area contributed by atoms with Crippen LogP contribution >= 0.6 is 11.3 Å². The van der Waals surface area contributed by atoms with Gasteiger partial charge in [-0.15, -0.1) is 11.3 Å². The first-order chi connectivity index (χ1) is 6.15. The first-order valence-corrected chi connectivity index (χ1v) is 5.30. The fraction of sp³-hybridized carbons (Fsp3) is 0.667. The third-order valence-electron chi connectivity index (χ3n) is 1.80. The van der Waals surface area contributed by atoms with Gasteiger partial charge < -0.3 is 10.8 Å². The summed E-state index contributed by atoms with van der Waals surface area (Å²) in [7, 11) is 0. The van der Waals surface area contributed by atoms with Gasteiger partial charge in [-0.25, -0.2) is 4.98 Å². The molecular weight excluding hydrogens is 184 g/mol. The molecule has 1 unspecified atom stereocenters. The van der Waals surface area contributed by atoms with Crippen LogP contribution in [0.25, 0.3) is 0 Å². The lowest BCUT2D eigenvalue weighted by Gasteiger charge is -2.04. The van der Waals surface area contributed by atoms with Crippen molar-refractivity contribution < 1.29 is 5.11 Å². The van der Waals surface area contributed by atoms with Gasteiger partial charge in [-0.05, 0) is 13.0 Å². The van der Waals surface area contributed by atoms with Gasteiger partial charge >= 0.3 is 0 Å². The average Bonchev–Trinajstić information content (AvgIpc) is 2.52. The third-order valence-corrected chi connectivity index (χ3v) is 3.20. The fourth-order valence-corrected chi connectivity index (χ4v) is 1.96. The van der Waals surface area contributed by atoms with Gasteiger partial charge in [0.15, 0.2) is 0 Å². The number of aliphatic hydroxyl groups is 1.